The van der Waals surface area contributed by atoms with E-state index in [2.05, 4.69) is 10.6 Å². The molecule has 0 unspecified atom stereocenters. The summed E-state index contributed by atoms with van der Waals surface area (Å²) < 4.78 is 0. The average Bonchev–Trinajstić information content (AvgIpc) is 2.51. The van der Waals surface area contributed by atoms with Gasteiger partial charge in [-0.15, -0.1) is 0 Å². The molecular formula is C16H18ClN3O. The monoisotopic (exact) mass is 303 g/mol. The van der Waals surface area contributed by atoms with Gasteiger partial charge in [-0.2, -0.15) is 5.26 Å². The molecule has 2 rings (SSSR count). The quantitative estimate of drug-likeness (QED) is 0.659. The third kappa shape index (κ3) is 4.80. The number of amides is 1. The SMILES string of the molecule is N#C/C(=C/NC1CCCCC1)C(=O)Nc1ccc(Cl)cc1. The second kappa shape index (κ2) is 7.70. The summed E-state index contributed by atoms with van der Waals surface area (Å²) in [6.07, 6.45) is 7.38. The van der Waals surface area contributed by atoms with Gasteiger partial charge in [-0.3, -0.25) is 4.79 Å². The van der Waals surface area contributed by atoms with Crippen LogP contribution in [0.25, 0.3) is 0 Å². The summed E-state index contributed by atoms with van der Waals surface area (Å²) in [5.41, 5.74) is 0.693. The maximum Gasteiger partial charge on any atom is 0.267 e. The Bertz CT molecular complexity index is 554. The molecule has 1 aliphatic rings. The fraction of sp³-hybridized carbons (Fsp3) is 0.375. The van der Waals surface area contributed by atoms with Crippen LogP contribution < -0.4 is 10.6 Å². The molecule has 0 heterocycles. The van der Waals surface area contributed by atoms with Crippen LogP contribution in [0.1, 0.15) is 32.1 Å². The zero-order valence-corrected chi connectivity index (χ0v) is 12.5. The maximum atomic E-state index is 12.0. The lowest BCUT2D eigenvalue weighted by Gasteiger charge is -2.21. The van der Waals surface area contributed by atoms with Crippen molar-refractivity contribution in [3.05, 3.63) is 41.1 Å². The van der Waals surface area contributed by atoms with E-state index in [9.17, 15) is 4.79 Å². The highest BCUT2D eigenvalue weighted by molar-refractivity contribution is 6.30. The van der Waals surface area contributed by atoms with E-state index in [1.165, 1.54) is 25.5 Å². The van der Waals surface area contributed by atoms with Gasteiger partial charge < -0.3 is 10.6 Å². The first-order valence-corrected chi connectivity index (χ1v) is 7.50. The highest BCUT2D eigenvalue weighted by atomic mass is 35.5. The molecule has 4 nitrogen and oxygen atoms in total. The van der Waals surface area contributed by atoms with Crippen LogP contribution in [0.3, 0.4) is 0 Å². The van der Waals surface area contributed by atoms with Crippen LogP contribution in [0.5, 0.6) is 0 Å². The third-order valence-corrected chi connectivity index (χ3v) is 3.79. The molecule has 0 atom stereocenters. The number of nitriles is 1. The second-order valence-electron chi connectivity index (χ2n) is 5.13. The number of hydrogen-bond donors (Lipinski definition) is 2. The number of carbonyl (C=O) groups excluding carboxylic acids is 1. The Kier molecular flexibility index (Phi) is 5.65. The minimum Gasteiger partial charge on any atom is -0.387 e. The van der Waals surface area contributed by atoms with E-state index in [0.717, 1.165) is 12.8 Å². The number of carbonyl (C=O) groups is 1. The van der Waals surface area contributed by atoms with Gasteiger partial charge in [-0.25, -0.2) is 0 Å². The van der Waals surface area contributed by atoms with Gasteiger partial charge in [0.1, 0.15) is 11.6 Å². The van der Waals surface area contributed by atoms with Crippen molar-refractivity contribution < 1.29 is 4.79 Å². The number of nitrogens with one attached hydrogen (secondary N) is 2. The van der Waals surface area contributed by atoms with Gasteiger partial charge in [0.2, 0.25) is 0 Å². The lowest BCUT2D eigenvalue weighted by atomic mass is 9.96. The first kappa shape index (κ1) is 15.4. The van der Waals surface area contributed by atoms with Gasteiger partial charge in [-0.05, 0) is 37.1 Å². The zero-order chi connectivity index (χ0) is 15.1. The molecule has 1 aliphatic carbocycles. The number of rotatable bonds is 4. The summed E-state index contributed by atoms with van der Waals surface area (Å²) >= 11 is 5.79. The molecule has 1 fully saturated rings. The number of anilines is 1. The summed E-state index contributed by atoms with van der Waals surface area (Å²) in [5, 5.41) is 15.6. The summed E-state index contributed by atoms with van der Waals surface area (Å²) in [4.78, 5) is 12.0. The van der Waals surface area contributed by atoms with Gasteiger partial charge in [0, 0.05) is 23.0 Å². The van der Waals surface area contributed by atoms with Crippen LogP contribution in [0.15, 0.2) is 36.0 Å². The normalized spacial score (nSPS) is 16.1. The summed E-state index contributed by atoms with van der Waals surface area (Å²) in [6, 6.07) is 9.07. The molecule has 21 heavy (non-hydrogen) atoms. The topological polar surface area (TPSA) is 64.9 Å². The fourth-order valence-electron chi connectivity index (χ4n) is 2.35. The minimum atomic E-state index is -0.414. The average molecular weight is 304 g/mol. The molecule has 0 saturated heterocycles. The molecule has 1 aromatic carbocycles. The van der Waals surface area contributed by atoms with Gasteiger partial charge in [-0.1, -0.05) is 30.9 Å². The number of nitrogens with zero attached hydrogens (tertiary/aromatic N) is 1. The molecule has 0 radical (unpaired) electrons. The van der Waals surface area contributed by atoms with E-state index >= 15 is 0 Å². The van der Waals surface area contributed by atoms with Crippen LogP contribution in [-0.2, 0) is 4.79 Å². The van der Waals surface area contributed by atoms with Crippen LogP contribution in [-0.4, -0.2) is 11.9 Å². The van der Waals surface area contributed by atoms with E-state index in [4.69, 9.17) is 16.9 Å². The van der Waals surface area contributed by atoms with Gasteiger partial charge in [0.15, 0.2) is 0 Å². The summed E-state index contributed by atoms with van der Waals surface area (Å²) in [5.74, 6) is -0.414. The highest BCUT2D eigenvalue weighted by Crippen LogP contribution is 2.18. The third-order valence-electron chi connectivity index (χ3n) is 3.54. The molecular weight excluding hydrogens is 286 g/mol. The van der Waals surface area contributed by atoms with Crippen LogP contribution in [0, 0.1) is 11.3 Å². The van der Waals surface area contributed by atoms with E-state index in [1.54, 1.807) is 24.3 Å². The second-order valence-corrected chi connectivity index (χ2v) is 5.57. The van der Waals surface area contributed by atoms with Gasteiger partial charge in [0.25, 0.3) is 5.91 Å². The Labute approximate surface area is 129 Å². The van der Waals surface area contributed by atoms with Crippen molar-refractivity contribution in [1.82, 2.24) is 5.32 Å². The Hall–Kier alpha value is -1.99. The Morgan fingerprint density at radius 2 is 1.90 bits per heavy atom. The van der Waals surface area contributed by atoms with E-state index in [0.29, 0.717) is 16.8 Å². The number of halogens is 1. The van der Waals surface area contributed by atoms with Crippen molar-refractivity contribution >= 4 is 23.2 Å². The standard InChI is InChI=1S/C16H18ClN3O/c17-13-6-8-15(9-7-13)20-16(21)12(10-18)11-19-14-4-2-1-3-5-14/h6-9,11,14,19H,1-5H2,(H,20,21)/b12-11-. The number of benzene rings is 1. The van der Waals surface area contributed by atoms with Crippen molar-refractivity contribution in [1.29, 1.82) is 5.26 Å². The van der Waals surface area contributed by atoms with E-state index in [1.807, 2.05) is 6.07 Å². The van der Waals surface area contributed by atoms with Gasteiger partial charge >= 0.3 is 0 Å². The molecule has 1 aromatic rings. The highest BCUT2D eigenvalue weighted by Gasteiger charge is 2.13. The smallest absolute Gasteiger partial charge is 0.267 e. The molecule has 5 heteroatoms. The van der Waals surface area contributed by atoms with Crippen molar-refractivity contribution in [2.24, 2.45) is 0 Å². The van der Waals surface area contributed by atoms with E-state index < -0.39 is 5.91 Å². The van der Waals surface area contributed by atoms with E-state index in [-0.39, 0.29) is 5.57 Å². The number of hydrogen-bond acceptors (Lipinski definition) is 3. The van der Waals surface area contributed by atoms with Crippen LogP contribution >= 0.6 is 11.6 Å². The Balaban J connectivity index is 1.94. The largest absolute Gasteiger partial charge is 0.387 e. The zero-order valence-electron chi connectivity index (χ0n) is 11.7. The first-order chi connectivity index (χ1) is 10.2. The molecule has 0 aromatic heterocycles. The molecule has 0 aliphatic heterocycles. The fourth-order valence-corrected chi connectivity index (χ4v) is 2.48. The molecule has 0 bridgehead atoms. The van der Waals surface area contributed by atoms with Crippen LogP contribution in [0.2, 0.25) is 5.02 Å². The van der Waals surface area contributed by atoms with Crippen molar-refractivity contribution in [3.8, 4) is 6.07 Å². The minimum absolute atomic E-state index is 0.0792. The van der Waals surface area contributed by atoms with Crippen molar-refractivity contribution in [2.75, 3.05) is 5.32 Å². The maximum absolute atomic E-state index is 12.0. The lowest BCUT2D eigenvalue weighted by Crippen LogP contribution is -2.28. The molecule has 2 N–H and O–H groups in total. The van der Waals surface area contributed by atoms with Gasteiger partial charge in [0.05, 0.1) is 0 Å². The first-order valence-electron chi connectivity index (χ1n) is 7.12. The molecule has 1 saturated carbocycles. The summed E-state index contributed by atoms with van der Waals surface area (Å²) in [7, 11) is 0. The Morgan fingerprint density at radius 3 is 2.52 bits per heavy atom. The lowest BCUT2D eigenvalue weighted by molar-refractivity contribution is -0.112. The molecule has 0 spiro atoms. The summed E-state index contributed by atoms with van der Waals surface area (Å²) in [6.45, 7) is 0. The predicted molar refractivity (Wildman–Crippen MR) is 83.8 cm³/mol. The predicted octanol–water partition coefficient (Wildman–Crippen LogP) is 3.61. The van der Waals surface area contributed by atoms with Crippen molar-refractivity contribution in [3.63, 3.8) is 0 Å². The van der Waals surface area contributed by atoms with Crippen LogP contribution in [0.4, 0.5) is 5.69 Å². The molecule has 1 amide bonds. The Morgan fingerprint density at radius 1 is 1.24 bits per heavy atom. The van der Waals surface area contributed by atoms with Crippen molar-refractivity contribution in [2.45, 2.75) is 38.1 Å². The molecule has 110 valence electrons.